The average Bonchev–Trinajstić information content (AvgIpc) is 3.95. The SMILES string of the molecule is c1ccc(-c2ccc(N(c3ccc(-c4cccc5c4oc4cc6nc(-c7ccccc7)sc6cc45)cc3)c3ccc(-c4cccc5ccccc45)c(-c4ccccc4)c3)cc2)cc1. The van der Waals surface area contributed by atoms with Crippen LogP contribution in [0.1, 0.15) is 0 Å². The fourth-order valence-corrected chi connectivity index (χ4v) is 10.0. The quantitative estimate of drug-likeness (QED) is 0.153. The Hall–Kier alpha value is -8.05. The van der Waals surface area contributed by atoms with E-state index >= 15 is 0 Å². The van der Waals surface area contributed by atoms with E-state index < -0.39 is 0 Å². The highest BCUT2D eigenvalue weighted by atomic mass is 32.1. The summed E-state index contributed by atoms with van der Waals surface area (Å²) in [5.74, 6) is 0. The zero-order valence-electron chi connectivity index (χ0n) is 34.2. The number of fused-ring (bicyclic) bond motifs is 5. The molecule has 296 valence electrons. The van der Waals surface area contributed by atoms with E-state index in [1.807, 2.05) is 6.07 Å². The summed E-state index contributed by atoms with van der Waals surface area (Å²) in [6, 6.07) is 82.4. The number of anilines is 3. The maximum absolute atomic E-state index is 6.71. The largest absolute Gasteiger partial charge is 0.455 e. The first-order chi connectivity index (χ1) is 31.2. The highest BCUT2D eigenvalue weighted by Crippen LogP contribution is 2.44. The first kappa shape index (κ1) is 36.8. The molecule has 3 nitrogen and oxygen atoms in total. The number of para-hydroxylation sites is 1. The second-order valence-electron chi connectivity index (χ2n) is 15.9. The fraction of sp³-hybridized carbons (Fsp3) is 0. The topological polar surface area (TPSA) is 29.3 Å². The molecule has 0 unspecified atom stereocenters. The molecule has 0 saturated heterocycles. The predicted octanol–water partition coefficient (Wildman–Crippen LogP) is 17.2. The van der Waals surface area contributed by atoms with Gasteiger partial charge in [-0.1, -0.05) is 182 Å². The van der Waals surface area contributed by atoms with Gasteiger partial charge in [0.05, 0.1) is 10.2 Å². The van der Waals surface area contributed by atoms with Crippen LogP contribution in [0, 0.1) is 0 Å². The van der Waals surface area contributed by atoms with Crippen LogP contribution in [0.3, 0.4) is 0 Å². The number of hydrogen-bond donors (Lipinski definition) is 0. The lowest BCUT2D eigenvalue weighted by atomic mass is 9.90. The number of thiazole rings is 1. The van der Waals surface area contributed by atoms with Crippen molar-refractivity contribution < 1.29 is 4.42 Å². The summed E-state index contributed by atoms with van der Waals surface area (Å²) < 4.78 is 7.86. The van der Waals surface area contributed by atoms with E-state index in [-0.39, 0.29) is 0 Å². The van der Waals surface area contributed by atoms with Crippen LogP contribution in [0.2, 0.25) is 0 Å². The van der Waals surface area contributed by atoms with Crippen LogP contribution in [0.25, 0.3) is 98.0 Å². The van der Waals surface area contributed by atoms with Gasteiger partial charge in [0, 0.05) is 45.0 Å². The second-order valence-corrected chi connectivity index (χ2v) is 16.9. The summed E-state index contributed by atoms with van der Waals surface area (Å²) in [4.78, 5) is 7.35. The number of aromatic nitrogens is 1. The van der Waals surface area contributed by atoms with Crippen molar-refractivity contribution in [3.63, 3.8) is 0 Å². The number of hydrogen-bond acceptors (Lipinski definition) is 4. The van der Waals surface area contributed by atoms with Gasteiger partial charge in [0.2, 0.25) is 0 Å². The Balaban J connectivity index is 0.971. The molecule has 12 rings (SSSR count). The molecular weight excluding hydrogens is 785 g/mol. The van der Waals surface area contributed by atoms with Gasteiger partial charge in [-0.15, -0.1) is 11.3 Å². The van der Waals surface area contributed by atoms with Crippen LogP contribution in [0.5, 0.6) is 0 Å². The lowest BCUT2D eigenvalue weighted by Gasteiger charge is -2.27. The molecule has 63 heavy (non-hydrogen) atoms. The smallest absolute Gasteiger partial charge is 0.143 e. The highest BCUT2D eigenvalue weighted by molar-refractivity contribution is 7.21. The van der Waals surface area contributed by atoms with E-state index in [4.69, 9.17) is 9.40 Å². The van der Waals surface area contributed by atoms with Gasteiger partial charge in [-0.05, 0) is 92.2 Å². The van der Waals surface area contributed by atoms with Gasteiger partial charge in [0.25, 0.3) is 0 Å². The van der Waals surface area contributed by atoms with Gasteiger partial charge in [0.15, 0.2) is 0 Å². The molecule has 0 saturated carbocycles. The third kappa shape index (κ3) is 6.65. The predicted molar refractivity (Wildman–Crippen MR) is 266 cm³/mol. The Kier molecular flexibility index (Phi) is 9.02. The molecule has 0 N–H and O–H groups in total. The standard InChI is InChI=1S/C59H38N2OS/c1-4-14-39(15-5-1)40-26-30-45(31-27-40)61(47-34-35-51(53(36-47)42-16-6-2-7-17-42)50-24-12-21-41-18-10-11-22-48(41)50)46-32-28-43(29-33-46)49-23-13-25-52-54-37-57-55(38-56(54)62-58(49)52)60-59(63-57)44-19-8-3-9-20-44/h1-38H. The molecule has 0 atom stereocenters. The molecule has 0 spiro atoms. The summed E-state index contributed by atoms with van der Waals surface area (Å²) >= 11 is 1.72. The summed E-state index contributed by atoms with van der Waals surface area (Å²) in [5, 5.41) is 5.68. The minimum atomic E-state index is 0.845. The van der Waals surface area contributed by atoms with E-state index in [1.54, 1.807) is 11.3 Å². The Morgan fingerprint density at radius 1 is 0.365 bits per heavy atom. The molecule has 0 fully saturated rings. The minimum absolute atomic E-state index is 0.845. The number of rotatable bonds is 8. The number of furan rings is 1. The summed E-state index contributed by atoms with van der Waals surface area (Å²) in [6.07, 6.45) is 0. The first-order valence-corrected chi connectivity index (χ1v) is 22.1. The molecule has 0 radical (unpaired) electrons. The van der Waals surface area contributed by atoms with Crippen LogP contribution in [0.15, 0.2) is 235 Å². The van der Waals surface area contributed by atoms with E-state index in [1.165, 1.54) is 44.2 Å². The molecule has 0 aliphatic carbocycles. The van der Waals surface area contributed by atoms with Crippen molar-refractivity contribution in [3.05, 3.63) is 231 Å². The first-order valence-electron chi connectivity index (χ1n) is 21.3. The molecule has 2 heterocycles. The molecule has 2 aromatic heterocycles. The van der Waals surface area contributed by atoms with Crippen LogP contribution in [-0.2, 0) is 0 Å². The number of benzene rings is 10. The van der Waals surface area contributed by atoms with Crippen molar-refractivity contribution in [2.45, 2.75) is 0 Å². The van der Waals surface area contributed by atoms with Crippen LogP contribution >= 0.6 is 11.3 Å². The van der Waals surface area contributed by atoms with Gasteiger partial charge in [-0.2, -0.15) is 0 Å². The Labute approximate surface area is 369 Å². The zero-order chi connectivity index (χ0) is 41.7. The molecule has 0 bridgehead atoms. The van der Waals surface area contributed by atoms with E-state index in [0.717, 1.165) is 70.9 Å². The van der Waals surface area contributed by atoms with Gasteiger partial charge >= 0.3 is 0 Å². The summed E-state index contributed by atoms with van der Waals surface area (Å²) in [7, 11) is 0. The molecular formula is C59H38N2OS. The minimum Gasteiger partial charge on any atom is -0.455 e. The molecule has 0 aliphatic heterocycles. The molecule has 10 aromatic carbocycles. The Bertz CT molecular complexity index is 3590. The lowest BCUT2D eigenvalue weighted by molar-refractivity contribution is 0.670. The Morgan fingerprint density at radius 3 is 1.67 bits per heavy atom. The molecule has 12 aromatic rings. The monoisotopic (exact) mass is 822 g/mol. The maximum Gasteiger partial charge on any atom is 0.143 e. The molecule has 0 aliphatic rings. The molecule has 0 amide bonds. The van der Waals surface area contributed by atoms with Gasteiger partial charge in [0.1, 0.15) is 16.2 Å². The summed E-state index contributed by atoms with van der Waals surface area (Å²) in [6.45, 7) is 0. The van der Waals surface area contributed by atoms with Crippen LogP contribution in [0.4, 0.5) is 17.1 Å². The van der Waals surface area contributed by atoms with E-state index in [0.29, 0.717) is 0 Å². The highest BCUT2D eigenvalue weighted by Gasteiger charge is 2.20. The fourth-order valence-electron chi connectivity index (χ4n) is 9.04. The van der Waals surface area contributed by atoms with Crippen LogP contribution in [-0.4, -0.2) is 4.98 Å². The Morgan fingerprint density at radius 2 is 0.921 bits per heavy atom. The number of nitrogens with zero attached hydrogens (tertiary/aromatic N) is 2. The van der Waals surface area contributed by atoms with Crippen molar-refractivity contribution in [3.8, 4) is 55.1 Å². The third-order valence-electron chi connectivity index (χ3n) is 12.1. The van der Waals surface area contributed by atoms with Crippen LogP contribution < -0.4 is 4.90 Å². The summed E-state index contributed by atoms with van der Waals surface area (Å²) in [5.41, 5.74) is 16.3. The lowest BCUT2D eigenvalue weighted by Crippen LogP contribution is -2.10. The second kappa shape index (κ2) is 15.4. The van der Waals surface area contributed by atoms with Gasteiger partial charge < -0.3 is 9.32 Å². The maximum atomic E-state index is 6.71. The van der Waals surface area contributed by atoms with Gasteiger partial charge in [-0.3, -0.25) is 0 Å². The van der Waals surface area contributed by atoms with Crippen molar-refractivity contribution in [1.29, 1.82) is 0 Å². The average molecular weight is 823 g/mol. The normalized spacial score (nSPS) is 11.5. The third-order valence-corrected chi connectivity index (χ3v) is 13.2. The zero-order valence-corrected chi connectivity index (χ0v) is 35.0. The van der Waals surface area contributed by atoms with Crippen molar-refractivity contribution in [2.24, 2.45) is 0 Å². The van der Waals surface area contributed by atoms with E-state index in [9.17, 15) is 0 Å². The van der Waals surface area contributed by atoms with E-state index in [2.05, 4.69) is 229 Å². The van der Waals surface area contributed by atoms with Crippen molar-refractivity contribution >= 4 is 71.3 Å². The van der Waals surface area contributed by atoms with Crippen molar-refractivity contribution in [2.75, 3.05) is 4.90 Å². The van der Waals surface area contributed by atoms with Crippen molar-refractivity contribution in [1.82, 2.24) is 4.98 Å². The molecule has 4 heteroatoms. The van der Waals surface area contributed by atoms with Gasteiger partial charge in [-0.25, -0.2) is 4.98 Å².